The van der Waals surface area contributed by atoms with Crippen LogP contribution in [0.3, 0.4) is 0 Å². The molecule has 1 N–H and O–H groups in total. The van der Waals surface area contributed by atoms with Gasteiger partial charge in [-0.05, 0) is 55.9 Å². The lowest BCUT2D eigenvalue weighted by Gasteiger charge is -2.15. The fourth-order valence-corrected chi connectivity index (χ4v) is 4.57. The molecule has 152 valence electrons. The number of hydrogen-bond acceptors (Lipinski definition) is 6. The zero-order valence-electron chi connectivity index (χ0n) is 16.4. The van der Waals surface area contributed by atoms with E-state index in [0.717, 1.165) is 18.4 Å². The zero-order chi connectivity index (χ0) is 20.1. The second-order valence-corrected chi connectivity index (χ2v) is 8.56. The summed E-state index contributed by atoms with van der Waals surface area (Å²) in [6, 6.07) is 6.67. The van der Waals surface area contributed by atoms with Gasteiger partial charge in [0.15, 0.2) is 11.5 Å². The van der Waals surface area contributed by atoms with Crippen molar-refractivity contribution in [3.8, 4) is 17.4 Å². The van der Waals surface area contributed by atoms with Crippen LogP contribution in [0.25, 0.3) is 0 Å². The lowest BCUT2D eigenvalue weighted by Crippen LogP contribution is -2.24. The third-order valence-electron chi connectivity index (χ3n) is 4.83. The minimum Gasteiger partial charge on any atom is -0.493 e. The first-order chi connectivity index (χ1) is 13.4. The van der Waals surface area contributed by atoms with Crippen LogP contribution in [0.5, 0.6) is 17.4 Å². The summed E-state index contributed by atoms with van der Waals surface area (Å²) in [6.07, 6.45) is 6.27. The molecule has 1 heterocycles. The van der Waals surface area contributed by atoms with Crippen molar-refractivity contribution < 1.29 is 22.6 Å². The minimum absolute atomic E-state index is 0.139. The van der Waals surface area contributed by atoms with E-state index in [2.05, 4.69) is 9.71 Å². The first-order valence-electron chi connectivity index (χ1n) is 9.27. The van der Waals surface area contributed by atoms with Gasteiger partial charge in [0.05, 0.1) is 19.1 Å². The van der Waals surface area contributed by atoms with E-state index in [1.807, 2.05) is 0 Å². The van der Waals surface area contributed by atoms with Gasteiger partial charge in [-0.3, -0.25) is 0 Å². The topological polar surface area (TPSA) is 86.8 Å². The van der Waals surface area contributed by atoms with Crippen molar-refractivity contribution in [2.75, 3.05) is 14.2 Å². The first kappa shape index (κ1) is 20.4. The average Bonchev–Trinajstić information content (AvgIpc) is 3.19. The van der Waals surface area contributed by atoms with Crippen LogP contribution >= 0.6 is 0 Å². The number of pyridine rings is 1. The van der Waals surface area contributed by atoms with Gasteiger partial charge in [-0.25, -0.2) is 18.1 Å². The normalized spacial score (nSPS) is 14.8. The Bertz CT molecular complexity index is 924. The van der Waals surface area contributed by atoms with Crippen molar-refractivity contribution in [1.82, 2.24) is 9.71 Å². The molecule has 0 bridgehead atoms. The molecule has 0 radical (unpaired) electrons. The molecule has 0 amide bonds. The number of aryl methyl sites for hydroxylation is 1. The van der Waals surface area contributed by atoms with E-state index in [9.17, 15) is 8.42 Å². The van der Waals surface area contributed by atoms with Gasteiger partial charge in [-0.1, -0.05) is 0 Å². The molecule has 0 aliphatic heterocycles. The van der Waals surface area contributed by atoms with Crippen molar-refractivity contribution in [2.24, 2.45) is 0 Å². The molecule has 3 rings (SSSR count). The monoisotopic (exact) mass is 406 g/mol. The predicted octanol–water partition coefficient (Wildman–Crippen LogP) is 3.21. The highest BCUT2D eigenvalue weighted by Gasteiger charge is 2.21. The number of ether oxygens (including phenoxy) is 3. The van der Waals surface area contributed by atoms with Crippen LogP contribution in [0.1, 0.15) is 36.8 Å². The SMILES string of the molecule is COc1cc(C)c(S(=O)(=O)NCc2ccnc(OC3CCCC3)c2)cc1OC. The molecule has 28 heavy (non-hydrogen) atoms. The second-order valence-electron chi connectivity index (χ2n) is 6.82. The smallest absolute Gasteiger partial charge is 0.241 e. The molecule has 1 fully saturated rings. The number of nitrogens with one attached hydrogen (secondary N) is 1. The molecular formula is C20H26N2O5S. The maximum absolute atomic E-state index is 12.8. The largest absolute Gasteiger partial charge is 0.493 e. The number of aromatic nitrogens is 1. The molecule has 1 saturated carbocycles. The van der Waals surface area contributed by atoms with E-state index < -0.39 is 10.0 Å². The van der Waals surface area contributed by atoms with E-state index in [4.69, 9.17) is 14.2 Å². The number of hydrogen-bond donors (Lipinski definition) is 1. The molecule has 1 aromatic heterocycles. The molecule has 0 saturated heterocycles. The molecule has 1 aliphatic carbocycles. The van der Waals surface area contributed by atoms with Crippen LogP contribution in [0.2, 0.25) is 0 Å². The lowest BCUT2D eigenvalue weighted by molar-refractivity contribution is 0.201. The summed E-state index contributed by atoms with van der Waals surface area (Å²) in [5.74, 6) is 1.39. The average molecular weight is 407 g/mol. The Labute approximate surface area is 166 Å². The summed E-state index contributed by atoms with van der Waals surface area (Å²) in [5, 5.41) is 0. The summed E-state index contributed by atoms with van der Waals surface area (Å²) in [6.45, 7) is 1.86. The zero-order valence-corrected chi connectivity index (χ0v) is 17.2. The number of nitrogens with zero attached hydrogens (tertiary/aromatic N) is 1. The highest BCUT2D eigenvalue weighted by atomic mass is 32.2. The molecule has 2 aromatic rings. The van der Waals surface area contributed by atoms with Crippen molar-refractivity contribution in [2.45, 2.75) is 50.2 Å². The van der Waals surface area contributed by atoms with Gasteiger partial charge in [0.25, 0.3) is 0 Å². The van der Waals surface area contributed by atoms with Gasteiger partial charge in [-0.15, -0.1) is 0 Å². The summed E-state index contributed by atoms with van der Waals surface area (Å²) in [4.78, 5) is 4.39. The van der Waals surface area contributed by atoms with E-state index in [1.54, 1.807) is 31.3 Å². The standard InChI is InChI=1S/C20H26N2O5S/c1-14-10-17(25-2)18(26-3)12-19(14)28(23,24)22-13-15-8-9-21-20(11-15)27-16-6-4-5-7-16/h8-12,16,22H,4-7,13H2,1-3H3. The highest BCUT2D eigenvalue weighted by Crippen LogP contribution is 2.32. The quantitative estimate of drug-likeness (QED) is 0.724. The van der Waals surface area contributed by atoms with Crippen LogP contribution in [0, 0.1) is 6.92 Å². The van der Waals surface area contributed by atoms with Crippen molar-refractivity contribution in [3.05, 3.63) is 41.6 Å². The number of rotatable bonds is 8. The van der Waals surface area contributed by atoms with Crippen molar-refractivity contribution >= 4 is 10.0 Å². The van der Waals surface area contributed by atoms with Crippen LogP contribution in [0.4, 0.5) is 0 Å². The van der Waals surface area contributed by atoms with E-state index in [-0.39, 0.29) is 17.5 Å². The number of benzene rings is 1. The Morgan fingerprint density at radius 3 is 2.46 bits per heavy atom. The van der Waals surface area contributed by atoms with Gasteiger partial charge >= 0.3 is 0 Å². The van der Waals surface area contributed by atoms with E-state index in [1.165, 1.54) is 33.1 Å². The van der Waals surface area contributed by atoms with Gasteiger partial charge < -0.3 is 14.2 Å². The Kier molecular flexibility index (Phi) is 6.41. The molecule has 0 atom stereocenters. The third-order valence-corrected chi connectivity index (χ3v) is 6.37. The van der Waals surface area contributed by atoms with E-state index >= 15 is 0 Å². The fraction of sp³-hybridized carbons (Fsp3) is 0.450. The van der Waals surface area contributed by atoms with Gasteiger partial charge in [0, 0.05) is 24.9 Å². The molecule has 1 aromatic carbocycles. The fourth-order valence-electron chi connectivity index (χ4n) is 3.31. The van der Waals surface area contributed by atoms with Crippen LogP contribution < -0.4 is 18.9 Å². The van der Waals surface area contributed by atoms with Crippen molar-refractivity contribution in [3.63, 3.8) is 0 Å². The van der Waals surface area contributed by atoms with Crippen LogP contribution in [0.15, 0.2) is 35.4 Å². The first-order valence-corrected chi connectivity index (χ1v) is 10.7. The molecule has 8 heteroatoms. The van der Waals surface area contributed by atoms with Gasteiger partial charge in [0.1, 0.15) is 6.10 Å². The molecular weight excluding hydrogens is 380 g/mol. The van der Waals surface area contributed by atoms with Crippen LogP contribution in [-0.4, -0.2) is 33.7 Å². The van der Waals surface area contributed by atoms with Gasteiger partial charge in [0.2, 0.25) is 15.9 Å². The Morgan fingerprint density at radius 1 is 1.11 bits per heavy atom. The Hall–Kier alpha value is -2.32. The number of methoxy groups -OCH3 is 2. The predicted molar refractivity (Wildman–Crippen MR) is 105 cm³/mol. The molecule has 0 unspecified atom stereocenters. The molecule has 0 spiro atoms. The Morgan fingerprint density at radius 2 is 1.79 bits per heavy atom. The molecule has 7 nitrogen and oxygen atoms in total. The maximum atomic E-state index is 12.8. The van der Waals surface area contributed by atoms with Crippen LogP contribution in [-0.2, 0) is 16.6 Å². The van der Waals surface area contributed by atoms with Gasteiger partial charge in [-0.2, -0.15) is 0 Å². The maximum Gasteiger partial charge on any atom is 0.241 e. The third kappa shape index (κ3) is 4.74. The molecule has 1 aliphatic rings. The summed E-state index contributed by atoms with van der Waals surface area (Å²) < 4.78 is 44.6. The summed E-state index contributed by atoms with van der Waals surface area (Å²) in [7, 11) is -0.744. The second kappa shape index (κ2) is 8.79. The Balaban J connectivity index is 1.73. The van der Waals surface area contributed by atoms with E-state index in [0.29, 0.717) is 22.9 Å². The number of sulfonamides is 1. The highest BCUT2D eigenvalue weighted by molar-refractivity contribution is 7.89. The summed E-state index contributed by atoms with van der Waals surface area (Å²) in [5.41, 5.74) is 1.36. The van der Waals surface area contributed by atoms with Crippen molar-refractivity contribution in [1.29, 1.82) is 0 Å². The summed E-state index contributed by atoms with van der Waals surface area (Å²) >= 11 is 0. The minimum atomic E-state index is -3.73. The lowest BCUT2D eigenvalue weighted by atomic mass is 10.2.